The zero-order valence-corrected chi connectivity index (χ0v) is 16.8. The molecule has 0 spiro atoms. The van der Waals surface area contributed by atoms with Crippen molar-refractivity contribution < 1.29 is 4.42 Å². The minimum absolute atomic E-state index is 0.0547. The van der Waals surface area contributed by atoms with Crippen molar-refractivity contribution in [3.8, 4) is 22.8 Å². The number of hydrogen-bond donors (Lipinski definition) is 0. The molecule has 0 aliphatic rings. The van der Waals surface area contributed by atoms with Crippen molar-refractivity contribution in [2.75, 3.05) is 0 Å². The first-order chi connectivity index (χ1) is 14.9. The highest BCUT2D eigenvalue weighted by atomic mass is 35.5. The maximum atomic E-state index is 6.23. The highest BCUT2D eigenvalue weighted by Gasteiger charge is 2.19. The molecule has 0 unspecified atom stereocenters. The number of rotatable bonds is 2. The second kappa shape index (κ2) is 7.35. The van der Waals surface area contributed by atoms with Gasteiger partial charge >= 0.3 is 0 Å². The van der Waals surface area contributed by atoms with Crippen LogP contribution in [0.25, 0.3) is 44.7 Å². The Hall–Kier alpha value is -2.92. The summed E-state index contributed by atoms with van der Waals surface area (Å²) < 4.78 is 6.08. The molecule has 0 saturated heterocycles. The van der Waals surface area contributed by atoms with Gasteiger partial charge in [0.2, 0.25) is 5.28 Å². The van der Waals surface area contributed by atoms with Gasteiger partial charge in [0.15, 0.2) is 11.6 Å². The predicted octanol–water partition coefficient (Wildman–Crippen LogP) is -0.273. The summed E-state index contributed by atoms with van der Waals surface area (Å²) >= 11 is 6.23. The average molecular weight is 407 g/mol. The first-order valence-corrected chi connectivity index (χ1v) is 9.58. The summed E-state index contributed by atoms with van der Waals surface area (Å²) in [4.78, 5) is 13.0. The molecule has 2 heterocycles. The van der Waals surface area contributed by atoms with Gasteiger partial charge in [-0.15, -0.1) is 16.4 Å². The van der Waals surface area contributed by atoms with E-state index in [1.807, 2.05) is 42.5 Å². The van der Waals surface area contributed by atoms with Crippen molar-refractivity contribution in [2.24, 2.45) is 0 Å². The first-order valence-electron chi connectivity index (χ1n) is 9.20. The fourth-order valence-corrected chi connectivity index (χ4v) is 3.76. The summed E-state index contributed by atoms with van der Waals surface area (Å²) in [5.74, 6) is 0.406. The zero-order valence-electron chi connectivity index (χ0n) is 16.1. The standard InChI is InChI=1S/C21H7B5ClN3O/c22-13-12(14(23)16(25)17(26)15(13)24)20-28-19(29-21(27)30-20)10-6-3-5-9-8-4-1-2-7-11(8)31-18(9)10/h1-7H. The van der Waals surface area contributed by atoms with Gasteiger partial charge in [-0.25, -0.2) is 4.98 Å². The fourth-order valence-electron chi connectivity index (χ4n) is 3.60. The van der Waals surface area contributed by atoms with Crippen molar-refractivity contribution in [2.45, 2.75) is 0 Å². The normalized spacial score (nSPS) is 11.4. The third-order valence-corrected chi connectivity index (χ3v) is 5.35. The van der Waals surface area contributed by atoms with E-state index in [2.05, 4.69) is 15.0 Å². The average Bonchev–Trinajstić information content (AvgIpc) is 3.15. The van der Waals surface area contributed by atoms with Gasteiger partial charge in [-0.3, -0.25) is 0 Å². The van der Waals surface area contributed by atoms with E-state index in [0.717, 1.165) is 16.4 Å². The molecule has 0 N–H and O–H groups in total. The summed E-state index contributed by atoms with van der Waals surface area (Å²) in [5, 5.41) is 1.85. The van der Waals surface area contributed by atoms with Crippen molar-refractivity contribution >= 4 is 100 Å². The topological polar surface area (TPSA) is 51.8 Å². The smallest absolute Gasteiger partial charge is 0.226 e. The van der Waals surface area contributed by atoms with Gasteiger partial charge in [0.05, 0.1) is 5.56 Å². The minimum Gasteiger partial charge on any atom is -0.455 e. The summed E-state index contributed by atoms with van der Waals surface area (Å²) in [6, 6.07) is 13.4. The SMILES string of the molecule is [B]c1c([B])c([B])c(-c2nc(Cl)nc(-c3cccc4c3oc3ccccc34)n2)c([B])c1[B]. The Morgan fingerprint density at radius 1 is 0.645 bits per heavy atom. The van der Waals surface area contributed by atoms with Crippen LogP contribution < -0.4 is 27.3 Å². The van der Waals surface area contributed by atoms with E-state index in [1.54, 1.807) is 0 Å². The lowest BCUT2D eigenvalue weighted by Gasteiger charge is -2.20. The Morgan fingerprint density at radius 2 is 1.26 bits per heavy atom. The second-order valence-electron chi connectivity index (χ2n) is 6.98. The first kappa shape index (κ1) is 20.0. The molecule has 5 rings (SSSR count). The van der Waals surface area contributed by atoms with Gasteiger partial charge in [0.25, 0.3) is 0 Å². The Balaban J connectivity index is 1.79. The van der Waals surface area contributed by atoms with Gasteiger partial charge in [0.1, 0.15) is 50.4 Å². The van der Waals surface area contributed by atoms with Crippen LogP contribution >= 0.6 is 11.6 Å². The molecule has 4 nitrogen and oxygen atoms in total. The van der Waals surface area contributed by atoms with Crippen molar-refractivity contribution in [1.29, 1.82) is 0 Å². The van der Waals surface area contributed by atoms with Crippen LogP contribution in [-0.2, 0) is 0 Å². The number of hydrogen-bond acceptors (Lipinski definition) is 4. The molecule has 31 heavy (non-hydrogen) atoms. The number of fused-ring (bicyclic) bond motifs is 3. The molecule has 2 aromatic heterocycles. The van der Waals surface area contributed by atoms with Gasteiger partial charge < -0.3 is 4.42 Å². The Bertz CT molecular complexity index is 1490. The Labute approximate surface area is 189 Å². The number of halogens is 1. The molecular weight excluding hydrogens is 400 g/mol. The number of aromatic nitrogens is 3. The molecule has 0 atom stereocenters. The van der Waals surface area contributed by atoms with E-state index in [9.17, 15) is 0 Å². The van der Waals surface area contributed by atoms with Crippen molar-refractivity contribution in [1.82, 2.24) is 15.0 Å². The van der Waals surface area contributed by atoms with E-state index < -0.39 is 0 Å². The van der Waals surface area contributed by atoms with Crippen LogP contribution in [0, 0.1) is 0 Å². The lowest BCUT2D eigenvalue weighted by molar-refractivity contribution is 0.669. The molecule has 5 aromatic rings. The third kappa shape index (κ3) is 3.11. The van der Waals surface area contributed by atoms with Gasteiger partial charge in [-0.05, 0) is 23.7 Å². The van der Waals surface area contributed by atoms with Crippen LogP contribution in [0.3, 0.4) is 0 Å². The summed E-state index contributed by atoms with van der Waals surface area (Å²) in [6.45, 7) is 0. The van der Waals surface area contributed by atoms with Crippen LogP contribution in [0.1, 0.15) is 0 Å². The monoisotopic (exact) mass is 407 g/mol. The molecule has 0 saturated carbocycles. The quantitative estimate of drug-likeness (QED) is 0.379. The van der Waals surface area contributed by atoms with E-state index in [-0.39, 0.29) is 49.8 Å². The molecule has 10 heteroatoms. The molecular formula is C21H7B5ClN3O. The predicted molar refractivity (Wildman–Crippen MR) is 130 cm³/mol. The molecule has 0 aliphatic carbocycles. The fraction of sp³-hybridized carbons (Fsp3) is 0. The molecule has 0 amide bonds. The van der Waals surface area contributed by atoms with Gasteiger partial charge in [0, 0.05) is 16.3 Å². The van der Waals surface area contributed by atoms with E-state index in [4.69, 9.17) is 55.2 Å². The summed E-state index contributed by atoms with van der Waals surface area (Å²) in [6.07, 6.45) is 0. The van der Waals surface area contributed by atoms with E-state index in [0.29, 0.717) is 11.1 Å². The third-order valence-electron chi connectivity index (χ3n) is 5.18. The van der Waals surface area contributed by atoms with E-state index in [1.165, 1.54) is 0 Å². The molecule has 134 valence electrons. The second-order valence-corrected chi connectivity index (χ2v) is 7.31. The van der Waals surface area contributed by atoms with Gasteiger partial charge in [-0.1, -0.05) is 41.3 Å². The van der Waals surface area contributed by atoms with Crippen LogP contribution in [-0.4, -0.2) is 54.2 Å². The largest absolute Gasteiger partial charge is 0.455 e. The van der Waals surface area contributed by atoms with Crippen LogP contribution in [0.5, 0.6) is 0 Å². The Kier molecular flexibility index (Phi) is 4.74. The zero-order chi connectivity index (χ0) is 21.9. The maximum Gasteiger partial charge on any atom is 0.226 e. The summed E-state index contributed by atoms with van der Waals surface area (Å²) in [5.41, 5.74) is 2.76. The minimum atomic E-state index is -0.0547. The number of furan rings is 1. The van der Waals surface area contributed by atoms with Crippen LogP contribution in [0.2, 0.25) is 5.28 Å². The highest BCUT2D eigenvalue weighted by molar-refractivity contribution is 6.68. The molecule has 3 aromatic carbocycles. The number of para-hydroxylation sites is 2. The number of nitrogens with zero attached hydrogens (tertiary/aromatic N) is 3. The van der Waals surface area contributed by atoms with Crippen LogP contribution in [0.15, 0.2) is 46.9 Å². The van der Waals surface area contributed by atoms with Crippen molar-refractivity contribution in [3.05, 3.63) is 47.7 Å². The lowest BCUT2D eigenvalue weighted by atomic mass is 9.60. The maximum absolute atomic E-state index is 6.23. The Morgan fingerprint density at radius 3 is 2.00 bits per heavy atom. The number of benzene rings is 3. The molecule has 0 bridgehead atoms. The molecule has 10 radical (unpaired) electrons. The molecule has 0 aliphatic heterocycles. The lowest BCUT2D eigenvalue weighted by Crippen LogP contribution is -2.55. The van der Waals surface area contributed by atoms with Crippen molar-refractivity contribution in [3.63, 3.8) is 0 Å². The van der Waals surface area contributed by atoms with E-state index >= 15 is 0 Å². The summed E-state index contributed by atoms with van der Waals surface area (Å²) in [7, 11) is 30.2. The molecule has 0 fully saturated rings. The highest BCUT2D eigenvalue weighted by Crippen LogP contribution is 2.34. The van der Waals surface area contributed by atoms with Crippen LogP contribution in [0.4, 0.5) is 0 Å². The van der Waals surface area contributed by atoms with Gasteiger partial charge in [-0.2, -0.15) is 9.97 Å².